The van der Waals surface area contributed by atoms with Crippen molar-refractivity contribution in [1.82, 2.24) is 0 Å². The van der Waals surface area contributed by atoms with Crippen molar-refractivity contribution in [3.8, 4) is 0 Å². The van der Waals surface area contributed by atoms with Crippen molar-refractivity contribution >= 4 is 0 Å². The first kappa shape index (κ1) is 16.7. The van der Waals surface area contributed by atoms with Crippen LogP contribution < -0.4 is 0 Å². The van der Waals surface area contributed by atoms with Gasteiger partial charge in [-0.05, 0) is 6.42 Å². The number of methoxy groups -OCH3 is 1. The van der Waals surface area contributed by atoms with Gasteiger partial charge in [0.15, 0.2) is 6.29 Å². The minimum Gasteiger partial charge on any atom is -0.378 e. The van der Waals surface area contributed by atoms with Gasteiger partial charge in [-0.2, -0.15) is 0 Å². The zero-order valence-electron chi connectivity index (χ0n) is 14.1. The second-order valence-electron chi connectivity index (χ2n) is 6.84. The lowest BCUT2D eigenvalue weighted by Gasteiger charge is -2.53. The number of ether oxygens (including phenoxy) is 4. The van der Waals surface area contributed by atoms with E-state index in [-0.39, 0.29) is 36.1 Å². The van der Waals surface area contributed by atoms with E-state index in [1.807, 2.05) is 36.4 Å². The van der Waals surface area contributed by atoms with Crippen molar-refractivity contribution < 1.29 is 18.9 Å². The Morgan fingerprint density at radius 1 is 1.26 bits per heavy atom. The van der Waals surface area contributed by atoms with Crippen LogP contribution in [0.3, 0.4) is 0 Å². The molecular weight excluding hydrogens is 292 g/mol. The van der Waals surface area contributed by atoms with Crippen molar-refractivity contribution in [2.24, 2.45) is 5.41 Å². The van der Waals surface area contributed by atoms with Crippen molar-refractivity contribution in [3.63, 3.8) is 0 Å². The van der Waals surface area contributed by atoms with E-state index in [4.69, 9.17) is 18.9 Å². The SMILES string of the molecule is C=CC[C@H]1O[C@@H]2CO[C@H](c3ccccc3)O[C@@H]2[C@@H](OC)C1(C)C. The fourth-order valence-corrected chi connectivity index (χ4v) is 3.66. The molecule has 0 spiro atoms. The van der Waals surface area contributed by atoms with Crippen LogP contribution in [0.15, 0.2) is 43.0 Å². The molecule has 126 valence electrons. The largest absolute Gasteiger partial charge is 0.378 e. The summed E-state index contributed by atoms with van der Waals surface area (Å²) in [5.41, 5.74) is 0.856. The Balaban J connectivity index is 1.82. The van der Waals surface area contributed by atoms with E-state index in [9.17, 15) is 0 Å². The van der Waals surface area contributed by atoms with Gasteiger partial charge in [0, 0.05) is 18.1 Å². The highest BCUT2D eigenvalue weighted by atomic mass is 16.7. The summed E-state index contributed by atoms with van der Waals surface area (Å²) in [6, 6.07) is 10.00. The maximum Gasteiger partial charge on any atom is 0.184 e. The lowest BCUT2D eigenvalue weighted by atomic mass is 9.73. The summed E-state index contributed by atoms with van der Waals surface area (Å²) >= 11 is 0. The second-order valence-corrected chi connectivity index (χ2v) is 6.84. The molecule has 2 fully saturated rings. The van der Waals surface area contributed by atoms with E-state index in [0.717, 1.165) is 12.0 Å². The predicted molar refractivity (Wildman–Crippen MR) is 88.1 cm³/mol. The van der Waals surface area contributed by atoms with Crippen LogP contribution in [-0.2, 0) is 18.9 Å². The van der Waals surface area contributed by atoms with Crippen LogP contribution in [0.5, 0.6) is 0 Å². The lowest BCUT2D eigenvalue weighted by molar-refractivity contribution is -0.337. The molecule has 1 aromatic carbocycles. The monoisotopic (exact) mass is 318 g/mol. The van der Waals surface area contributed by atoms with Gasteiger partial charge in [0.25, 0.3) is 0 Å². The molecule has 5 atom stereocenters. The third-order valence-corrected chi connectivity index (χ3v) is 4.97. The van der Waals surface area contributed by atoms with Gasteiger partial charge >= 0.3 is 0 Å². The number of hydrogen-bond donors (Lipinski definition) is 0. The summed E-state index contributed by atoms with van der Waals surface area (Å²) < 4.78 is 24.2. The van der Waals surface area contributed by atoms with E-state index in [1.54, 1.807) is 7.11 Å². The van der Waals surface area contributed by atoms with Crippen LogP contribution in [-0.4, -0.2) is 38.1 Å². The van der Waals surface area contributed by atoms with Crippen LogP contribution in [0.1, 0.15) is 32.1 Å². The van der Waals surface area contributed by atoms with Gasteiger partial charge < -0.3 is 18.9 Å². The topological polar surface area (TPSA) is 36.9 Å². The molecular formula is C19H26O4. The maximum atomic E-state index is 6.26. The van der Waals surface area contributed by atoms with Gasteiger partial charge in [0.05, 0.1) is 18.8 Å². The lowest BCUT2D eigenvalue weighted by Crippen LogP contribution is -2.63. The highest BCUT2D eigenvalue weighted by Gasteiger charge is 2.53. The zero-order valence-corrected chi connectivity index (χ0v) is 14.1. The number of fused-ring (bicyclic) bond motifs is 1. The molecule has 0 unspecified atom stereocenters. The second kappa shape index (κ2) is 6.73. The van der Waals surface area contributed by atoms with Gasteiger partial charge in [-0.25, -0.2) is 0 Å². The quantitative estimate of drug-likeness (QED) is 0.797. The summed E-state index contributed by atoms with van der Waals surface area (Å²) in [6.07, 6.45) is 2.06. The first-order valence-electron chi connectivity index (χ1n) is 8.19. The van der Waals surface area contributed by atoms with E-state index in [0.29, 0.717) is 6.61 Å². The number of benzene rings is 1. The van der Waals surface area contributed by atoms with Gasteiger partial charge in [0.1, 0.15) is 12.2 Å². The fraction of sp³-hybridized carbons (Fsp3) is 0.579. The summed E-state index contributed by atoms with van der Waals surface area (Å²) in [5, 5.41) is 0. The standard InChI is InChI=1S/C19H26O4/c1-5-9-15-19(2,3)17(20-4)16-14(22-15)12-21-18(23-16)13-10-7-6-8-11-13/h5-8,10-11,14-18H,1,9,12H2,2-4H3/t14-,15-,16+,17-,18+/m1/s1. The Morgan fingerprint density at radius 3 is 2.65 bits per heavy atom. The van der Waals surface area contributed by atoms with E-state index < -0.39 is 0 Å². The molecule has 1 aromatic rings. The van der Waals surface area contributed by atoms with Gasteiger partial charge in [0.2, 0.25) is 0 Å². The fourth-order valence-electron chi connectivity index (χ4n) is 3.66. The molecule has 2 saturated heterocycles. The highest BCUT2D eigenvalue weighted by molar-refractivity contribution is 5.17. The Hall–Kier alpha value is -1.20. The smallest absolute Gasteiger partial charge is 0.184 e. The summed E-state index contributed by atoms with van der Waals surface area (Å²) in [7, 11) is 1.75. The van der Waals surface area contributed by atoms with Crippen molar-refractivity contribution in [3.05, 3.63) is 48.6 Å². The third-order valence-electron chi connectivity index (χ3n) is 4.97. The molecule has 0 radical (unpaired) electrons. The molecule has 3 rings (SSSR count). The molecule has 0 aromatic heterocycles. The van der Waals surface area contributed by atoms with Crippen LogP contribution in [0.2, 0.25) is 0 Å². The molecule has 0 N–H and O–H groups in total. The maximum absolute atomic E-state index is 6.26. The molecule has 0 bridgehead atoms. The highest BCUT2D eigenvalue weighted by Crippen LogP contribution is 2.44. The molecule has 23 heavy (non-hydrogen) atoms. The molecule has 0 saturated carbocycles. The number of hydrogen-bond acceptors (Lipinski definition) is 4. The summed E-state index contributed by atoms with van der Waals surface area (Å²) in [6.45, 7) is 8.69. The zero-order chi connectivity index (χ0) is 16.4. The average molecular weight is 318 g/mol. The average Bonchev–Trinajstić information content (AvgIpc) is 2.56. The van der Waals surface area contributed by atoms with Crippen molar-refractivity contribution in [2.45, 2.75) is 51.0 Å². The van der Waals surface area contributed by atoms with E-state index in [1.165, 1.54) is 0 Å². The summed E-state index contributed by atoms with van der Waals surface area (Å²) in [4.78, 5) is 0. The molecule has 2 aliphatic heterocycles. The van der Waals surface area contributed by atoms with Crippen LogP contribution >= 0.6 is 0 Å². The van der Waals surface area contributed by atoms with Crippen molar-refractivity contribution in [1.29, 1.82) is 0 Å². The molecule has 4 heteroatoms. The predicted octanol–water partition coefficient (Wildman–Crippen LogP) is 3.49. The first-order chi connectivity index (χ1) is 11.1. The van der Waals surface area contributed by atoms with Crippen LogP contribution in [0.4, 0.5) is 0 Å². The molecule has 0 amide bonds. The van der Waals surface area contributed by atoms with Gasteiger partial charge in [-0.15, -0.1) is 6.58 Å². The molecule has 2 heterocycles. The minimum absolute atomic E-state index is 0.0478. The molecule has 0 aliphatic carbocycles. The number of rotatable bonds is 4. The Kier molecular flexibility index (Phi) is 4.87. The molecule has 2 aliphatic rings. The Bertz CT molecular complexity index is 527. The van der Waals surface area contributed by atoms with Crippen LogP contribution in [0, 0.1) is 5.41 Å². The first-order valence-corrected chi connectivity index (χ1v) is 8.19. The Morgan fingerprint density at radius 2 is 2.00 bits per heavy atom. The Labute approximate surface area is 138 Å². The normalized spacial score (nSPS) is 36.2. The van der Waals surface area contributed by atoms with Crippen molar-refractivity contribution in [2.75, 3.05) is 13.7 Å². The molecule has 4 nitrogen and oxygen atoms in total. The van der Waals surface area contributed by atoms with E-state index in [2.05, 4.69) is 20.4 Å². The van der Waals surface area contributed by atoms with Crippen LogP contribution in [0.25, 0.3) is 0 Å². The third kappa shape index (κ3) is 3.09. The van der Waals surface area contributed by atoms with E-state index >= 15 is 0 Å². The minimum atomic E-state index is -0.370. The summed E-state index contributed by atoms with van der Waals surface area (Å²) in [5.74, 6) is 0. The van der Waals surface area contributed by atoms with Gasteiger partial charge in [-0.3, -0.25) is 0 Å². The van der Waals surface area contributed by atoms with Gasteiger partial charge in [-0.1, -0.05) is 50.3 Å².